The molecule has 0 aliphatic carbocycles. The lowest BCUT2D eigenvalue weighted by molar-refractivity contribution is 0.141. The van der Waals surface area contributed by atoms with Crippen molar-refractivity contribution in [3.8, 4) is 0 Å². The first-order valence-electron chi connectivity index (χ1n) is 5.78. The highest BCUT2D eigenvalue weighted by molar-refractivity contribution is 7.98. The Bertz CT molecular complexity index is 316. The predicted octanol–water partition coefficient (Wildman–Crippen LogP) is 1.76. The SMILES string of the molecule is CSc1ccc(C(O)CCN(C)CCO)cc1. The minimum Gasteiger partial charge on any atom is -0.395 e. The molecule has 0 bridgehead atoms. The van der Waals surface area contributed by atoms with Gasteiger partial charge in [-0.25, -0.2) is 0 Å². The van der Waals surface area contributed by atoms with Crippen LogP contribution in [0.2, 0.25) is 0 Å². The molecule has 0 fully saturated rings. The van der Waals surface area contributed by atoms with Crippen LogP contribution in [-0.2, 0) is 0 Å². The summed E-state index contributed by atoms with van der Waals surface area (Å²) in [5, 5.41) is 18.8. The van der Waals surface area contributed by atoms with Crippen LogP contribution < -0.4 is 0 Å². The van der Waals surface area contributed by atoms with Crippen molar-refractivity contribution in [1.29, 1.82) is 0 Å². The predicted molar refractivity (Wildman–Crippen MR) is 72.4 cm³/mol. The number of hydrogen-bond donors (Lipinski definition) is 2. The summed E-state index contributed by atoms with van der Waals surface area (Å²) in [6, 6.07) is 8.01. The van der Waals surface area contributed by atoms with Crippen molar-refractivity contribution >= 4 is 11.8 Å². The number of rotatable bonds is 7. The average Bonchev–Trinajstić information content (AvgIpc) is 2.36. The van der Waals surface area contributed by atoms with Crippen molar-refractivity contribution in [2.45, 2.75) is 17.4 Å². The summed E-state index contributed by atoms with van der Waals surface area (Å²) >= 11 is 1.70. The zero-order valence-corrected chi connectivity index (χ0v) is 11.3. The third-order valence-corrected chi connectivity index (χ3v) is 3.51. The van der Waals surface area contributed by atoms with E-state index >= 15 is 0 Å². The van der Waals surface area contributed by atoms with Gasteiger partial charge in [-0.15, -0.1) is 11.8 Å². The van der Waals surface area contributed by atoms with Crippen LogP contribution in [0.5, 0.6) is 0 Å². The topological polar surface area (TPSA) is 43.7 Å². The maximum atomic E-state index is 10.0. The number of thioether (sulfide) groups is 1. The number of nitrogens with zero attached hydrogens (tertiary/aromatic N) is 1. The highest BCUT2D eigenvalue weighted by Crippen LogP contribution is 2.21. The summed E-state index contributed by atoms with van der Waals surface area (Å²) in [4.78, 5) is 3.22. The molecule has 96 valence electrons. The number of hydrogen-bond acceptors (Lipinski definition) is 4. The Hall–Kier alpha value is -0.550. The van der Waals surface area contributed by atoms with E-state index in [-0.39, 0.29) is 6.61 Å². The van der Waals surface area contributed by atoms with Crippen LogP contribution in [0, 0.1) is 0 Å². The van der Waals surface area contributed by atoms with E-state index in [2.05, 4.69) is 0 Å². The van der Waals surface area contributed by atoms with E-state index in [0.717, 1.165) is 12.1 Å². The van der Waals surface area contributed by atoms with E-state index in [0.29, 0.717) is 13.0 Å². The van der Waals surface area contributed by atoms with Crippen LogP contribution in [0.15, 0.2) is 29.2 Å². The van der Waals surface area contributed by atoms with Gasteiger partial charge in [0.15, 0.2) is 0 Å². The molecule has 0 spiro atoms. The van der Waals surface area contributed by atoms with Crippen molar-refractivity contribution in [3.63, 3.8) is 0 Å². The lowest BCUT2D eigenvalue weighted by atomic mass is 10.1. The molecular formula is C13H21NO2S. The van der Waals surface area contributed by atoms with Gasteiger partial charge < -0.3 is 15.1 Å². The standard InChI is InChI=1S/C13H21NO2S/c1-14(9-10-15)8-7-13(16)11-3-5-12(17-2)6-4-11/h3-6,13,15-16H,7-10H2,1-2H3. The Morgan fingerprint density at radius 3 is 2.41 bits per heavy atom. The highest BCUT2D eigenvalue weighted by atomic mass is 32.2. The van der Waals surface area contributed by atoms with E-state index in [1.165, 1.54) is 4.90 Å². The molecule has 0 saturated heterocycles. The summed E-state index contributed by atoms with van der Waals surface area (Å²) in [5.74, 6) is 0. The third-order valence-electron chi connectivity index (χ3n) is 2.77. The molecule has 1 aromatic carbocycles. The van der Waals surface area contributed by atoms with Gasteiger partial charge in [-0.3, -0.25) is 0 Å². The zero-order chi connectivity index (χ0) is 12.7. The van der Waals surface area contributed by atoms with Gasteiger partial charge in [0.2, 0.25) is 0 Å². The molecule has 0 radical (unpaired) electrons. The molecule has 4 heteroatoms. The molecule has 1 rings (SSSR count). The van der Waals surface area contributed by atoms with Gasteiger partial charge >= 0.3 is 0 Å². The number of aliphatic hydroxyl groups is 2. The molecule has 0 aromatic heterocycles. The second kappa shape index (κ2) is 7.71. The molecular weight excluding hydrogens is 234 g/mol. The molecule has 3 nitrogen and oxygen atoms in total. The Balaban J connectivity index is 2.43. The van der Waals surface area contributed by atoms with Gasteiger partial charge in [0.05, 0.1) is 12.7 Å². The summed E-state index contributed by atoms with van der Waals surface area (Å²) in [7, 11) is 1.94. The molecule has 1 atom stereocenters. The fourth-order valence-corrected chi connectivity index (χ4v) is 2.03. The largest absolute Gasteiger partial charge is 0.395 e. The molecule has 0 aliphatic rings. The van der Waals surface area contributed by atoms with Crippen LogP contribution in [0.3, 0.4) is 0 Å². The van der Waals surface area contributed by atoms with Crippen LogP contribution in [0.25, 0.3) is 0 Å². The second-order valence-corrected chi connectivity index (χ2v) is 4.98. The molecule has 1 unspecified atom stereocenters. The van der Waals surface area contributed by atoms with Crippen LogP contribution in [0.4, 0.5) is 0 Å². The average molecular weight is 255 g/mol. The molecule has 1 aromatic rings. The van der Waals surface area contributed by atoms with Crippen LogP contribution in [0.1, 0.15) is 18.1 Å². The Morgan fingerprint density at radius 2 is 1.88 bits per heavy atom. The lowest BCUT2D eigenvalue weighted by Crippen LogP contribution is -2.24. The molecule has 0 amide bonds. The fourth-order valence-electron chi connectivity index (χ4n) is 1.62. The van der Waals surface area contributed by atoms with E-state index in [1.807, 2.05) is 42.5 Å². The Morgan fingerprint density at radius 1 is 1.24 bits per heavy atom. The van der Waals surface area contributed by atoms with Crippen LogP contribution in [-0.4, -0.2) is 48.1 Å². The smallest absolute Gasteiger partial charge is 0.0802 e. The minimum absolute atomic E-state index is 0.162. The maximum absolute atomic E-state index is 10.0. The molecule has 0 saturated carbocycles. The number of benzene rings is 1. The molecule has 2 N–H and O–H groups in total. The van der Waals surface area contributed by atoms with Gasteiger partial charge in [0.25, 0.3) is 0 Å². The van der Waals surface area contributed by atoms with E-state index in [4.69, 9.17) is 5.11 Å². The fraction of sp³-hybridized carbons (Fsp3) is 0.538. The normalized spacial score (nSPS) is 13.0. The number of aliphatic hydroxyl groups excluding tert-OH is 2. The van der Waals surface area contributed by atoms with Gasteiger partial charge in [0, 0.05) is 18.0 Å². The van der Waals surface area contributed by atoms with Crippen LogP contribution >= 0.6 is 11.8 Å². The van der Waals surface area contributed by atoms with E-state index in [9.17, 15) is 5.11 Å². The van der Waals surface area contributed by atoms with Gasteiger partial charge in [-0.2, -0.15) is 0 Å². The Labute approximate surface area is 107 Å². The van der Waals surface area contributed by atoms with Crippen molar-refractivity contribution in [3.05, 3.63) is 29.8 Å². The minimum atomic E-state index is -0.424. The quantitative estimate of drug-likeness (QED) is 0.729. The number of likely N-dealkylation sites (N-methyl/N-ethyl adjacent to an activating group) is 1. The summed E-state index contributed by atoms with van der Waals surface area (Å²) in [6.45, 7) is 1.60. The monoisotopic (exact) mass is 255 g/mol. The van der Waals surface area contributed by atoms with Crippen molar-refractivity contribution in [2.24, 2.45) is 0 Å². The maximum Gasteiger partial charge on any atom is 0.0802 e. The first-order chi connectivity index (χ1) is 8.17. The van der Waals surface area contributed by atoms with Crippen molar-refractivity contribution in [1.82, 2.24) is 4.90 Å². The first kappa shape index (κ1) is 14.5. The lowest BCUT2D eigenvalue weighted by Gasteiger charge is -2.18. The van der Waals surface area contributed by atoms with E-state index < -0.39 is 6.10 Å². The molecule has 17 heavy (non-hydrogen) atoms. The van der Waals surface area contributed by atoms with Gasteiger partial charge in [-0.1, -0.05) is 12.1 Å². The summed E-state index contributed by atoms with van der Waals surface area (Å²) in [5.41, 5.74) is 0.959. The highest BCUT2D eigenvalue weighted by Gasteiger charge is 2.08. The zero-order valence-electron chi connectivity index (χ0n) is 10.5. The molecule has 0 heterocycles. The van der Waals surface area contributed by atoms with Gasteiger partial charge in [-0.05, 0) is 37.4 Å². The summed E-state index contributed by atoms with van der Waals surface area (Å²) in [6.07, 6.45) is 2.30. The van der Waals surface area contributed by atoms with Crippen molar-refractivity contribution < 1.29 is 10.2 Å². The first-order valence-corrected chi connectivity index (χ1v) is 7.01. The van der Waals surface area contributed by atoms with Gasteiger partial charge in [0.1, 0.15) is 0 Å². The van der Waals surface area contributed by atoms with Crippen molar-refractivity contribution in [2.75, 3.05) is 33.0 Å². The molecule has 0 aliphatic heterocycles. The van der Waals surface area contributed by atoms with E-state index in [1.54, 1.807) is 11.8 Å². The Kier molecular flexibility index (Phi) is 6.58. The summed E-state index contributed by atoms with van der Waals surface area (Å²) < 4.78 is 0. The third kappa shape index (κ3) is 5.08. The second-order valence-electron chi connectivity index (χ2n) is 4.10.